The van der Waals surface area contributed by atoms with Crippen LogP contribution in [-0.2, 0) is 25.6 Å². The van der Waals surface area contributed by atoms with Gasteiger partial charge in [-0.1, -0.05) is 39.3 Å². The van der Waals surface area contributed by atoms with Gasteiger partial charge >= 0.3 is 6.09 Å². The smallest absolute Gasteiger partial charge is 0.405 e. The van der Waals surface area contributed by atoms with Crippen molar-refractivity contribution in [3.63, 3.8) is 0 Å². The third-order valence-corrected chi connectivity index (χ3v) is 6.76. The maximum Gasteiger partial charge on any atom is 0.405 e. The summed E-state index contributed by atoms with van der Waals surface area (Å²) in [5.41, 5.74) is 0.632. The lowest BCUT2D eigenvalue weighted by atomic mass is 9.93. The fourth-order valence-electron chi connectivity index (χ4n) is 4.93. The first-order chi connectivity index (χ1) is 17.4. The average Bonchev–Trinajstić information content (AvgIpc) is 3.23. The minimum absolute atomic E-state index is 0.0119. The number of hydrogen-bond donors (Lipinski definition) is 5. The van der Waals surface area contributed by atoms with E-state index in [1.807, 2.05) is 32.9 Å². The van der Waals surface area contributed by atoms with Gasteiger partial charge in [-0.2, -0.15) is 0 Å². The van der Waals surface area contributed by atoms with Crippen molar-refractivity contribution in [3.8, 4) is 0 Å². The fourth-order valence-corrected chi connectivity index (χ4v) is 4.93. The number of hydrogen-bond acceptors (Lipinski definition) is 5. The van der Waals surface area contributed by atoms with Gasteiger partial charge < -0.3 is 31.3 Å². The van der Waals surface area contributed by atoms with E-state index in [2.05, 4.69) is 21.3 Å². The zero-order valence-corrected chi connectivity index (χ0v) is 21.8. The van der Waals surface area contributed by atoms with Gasteiger partial charge in [0.25, 0.3) is 0 Å². The van der Waals surface area contributed by atoms with Crippen molar-refractivity contribution < 1.29 is 29.1 Å². The van der Waals surface area contributed by atoms with Crippen LogP contribution in [0.4, 0.5) is 16.2 Å². The van der Waals surface area contributed by atoms with Gasteiger partial charge in [-0.25, -0.2) is 4.79 Å². The molecule has 5 N–H and O–H groups in total. The van der Waals surface area contributed by atoms with Gasteiger partial charge in [0.1, 0.15) is 17.6 Å². The van der Waals surface area contributed by atoms with E-state index in [9.17, 15) is 29.1 Å². The predicted octanol–water partition coefficient (Wildman–Crippen LogP) is 2.15. The number of carbonyl (C=O) groups is 5. The normalized spacial score (nSPS) is 19.5. The van der Waals surface area contributed by atoms with E-state index < -0.39 is 41.4 Å². The molecule has 202 valence electrons. The monoisotopic (exact) mass is 515 g/mol. The van der Waals surface area contributed by atoms with Crippen LogP contribution < -0.4 is 26.2 Å². The minimum atomic E-state index is -1.40. The summed E-state index contributed by atoms with van der Waals surface area (Å²) in [4.78, 5) is 64.5. The van der Waals surface area contributed by atoms with Crippen molar-refractivity contribution in [2.45, 2.75) is 83.8 Å². The molecule has 0 aliphatic carbocycles. The predicted molar refractivity (Wildman–Crippen MR) is 138 cm³/mol. The molecule has 0 saturated carbocycles. The molecule has 1 aromatic rings. The third-order valence-electron chi connectivity index (χ3n) is 6.76. The number of amides is 5. The molecule has 0 spiro atoms. The summed E-state index contributed by atoms with van der Waals surface area (Å²) in [6.07, 6.45) is 1.25. The van der Waals surface area contributed by atoms with Crippen molar-refractivity contribution in [2.24, 2.45) is 5.92 Å². The zero-order valence-electron chi connectivity index (χ0n) is 21.8. The van der Waals surface area contributed by atoms with Crippen LogP contribution in [0.3, 0.4) is 0 Å². The number of carboxylic acid groups (broad SMARTS) is 1. The maximum absolute atomic E-state index is 13.3. The van der Waals surface area contributed by atoms with Crippen molar-refractivity contribution in [1.82, 2.24) is 16.0 Å². The molecule has 0 radical (unpaired) electrons. The van der Waals surface area contributed by atoms with Gasteiger partial charge in [0.15, 0.2) is 0 Å². The second kappa shape index (κ2) is 11.6. The number of fused-ring (bicyclic) bond motifs is 1. The summed E-state index contributed by atoms with van der Waals surface area (Å²) in [6.45, 7) is 7.71. The van der Waals surface area contributed by atoms with Crippen LogP contribution in [-0.4, -0.2) is 59.0 Å². The molecule has 2 aliphatic rings. The Morgan fingerprint density at radius 2 is 1.97 bits per heavy atom. The van der Waals surface area contributed by atoms with Crippen LogP contribution in [0.15, 0.2) is 18.2 Å². The SMILES string of the molecule is CCCC(C)(NC(=O)O)C(=O)N[C@H](CC(C)C)C(=O)NC1Cc2cccc(N3CCCC3=O)c2NC1=O. The van der Waals surface area contributed by atoms with Crippen LogP contribution in [0, 0.1) is 5.92 Å². The van der Waals surface area contributed by atoms with Crippen LogP contribution in [0.1, 0.15) is 65.4 Å². The Morgan fingerprint density at radius 1 is 1.24 bits per heavy atom. The molecule has 2 unspecified atom stereocenters. The van der Waals surface area contributed by atoms with E-state index in [0.29, 0.717) is 37.2 Å². The number of anilines is 2. The number of benzene rings is 1. The highest BCUT2D eigenvalue weighted by atomic mass is 16.4. The molecule has 1 fully saturated rings. The molecule has 1 saturated heterocycles. The molecular formula is C26H37N5O6. The largest absolute Gasteiger partial charge is 0.465 e. The van der Waals surface area contributed by atoms with Crippen molar-refractivity contribution in [1.29, 1.82) is 0 Å². The van der Waals surface area contributed by atoms with E-state index in [0.717, 1.165) is 12.0 Å². The minimum Gasteiger partial charge on any atom is -0.465 e. The molecule has 0 bridgehead atoms. The number of nitrogens with one attached hydrogen (secondary N) is 4. The van der Waals surface area contributed by atoms with E-state index in [1.54, 1.807) is 11.0 Å². The highest BCUT2D eigenvalue weighted by molar-refractivity contribution is 6.07. The molecular weight excluding hydrogens is 478 g/mol. The Labute approximate surface area is 216 Å². The van der Waals surface area contributed by atoms with Crippen LogP contribution >= 0.6 is 0 Å². The second-order valence-corrected chi connectivity index (χ2v) is 10.4. The van der Waals surface area contributed by atoms with Gasteiger partial charge in [-0.3, -0.25) is 19.2 Å². The average molecular weight is 516 g/mol. The maximum atomic E-state index is 13.3. The molecule has 3 atom stereocenters. The van der Waals surface area contributed by atoms with E-state index in [-0.39, 0.29) is 24.7 Å². The number of nitrogens with zero attached hydrogens (tertiary/aromatic N) is 1. The molecule has 5 amide bonds. The lowest BCUT2D eigenvalue weighted by Gasteiger charge is -2.32. The van der Waals surface area contributed by atoms with Gasteiger partial charge in [0, 0.05) is 19.4 Å². The number of carbonyl (C=O) groups excluding carboxylic acids is 4. The van der Waals surface area contributed by atoms with Gasteiger partial charge in [0.05, 0.1) is 11.4 Å². The Balaban J connectivity index is 1.76. The fraction of sp³-hybridized carbons (Fsp3) is 0.577. The highest BCUT2D eigenvalue weighted by Crippen LogP contribution is 2.35. The second-order valence-electron chi connectivity index (χ2n) is 10.4. The summed E-state index contributed by atoms with van der Waals surface area (Å²) in [5.74, 6) is -1.47. The molecule has 3 rings (SSSR count). The molecule has 2 aliphatic heterocycles. The van der Waals surface area contributed by atoms with Crippen molar-refractivity contribution >= 4 is 41.1 Å². The highest BCUT2D eigenvalue weighted by Gasteiger charge is 2.38. The topological polar surface area (TPSA) is 157 Å². The lowest BCUT2D eigenvalue weighted by Crippen LogP contribution is -2.61. The summed E-state index contributed by atoms with van der Waals surface area (Å²) < 4.78 is 0. The summed E-state index contributed by atoms with van der Waals surface area (Å²) in [5, 5.41) is 19.8. The molecule has 1 aromatic carbocycles. The van der Waals surface area contributed by atoms with E-state index >= 15 is 0 Å². The van der Waals surface area contributed by atoms with Crippen LogP contribution in [0.2, 0.25) is 0 Å². The molecule has 11 heteroatoms. The zero-order chi connectivity index (χ0) is 27.3. The van der Waals surface area contributed by atoms with Gasteiger partial charge in [-0.05, 0) is 43.7 Å². The lowest BCUT2D eigenvalue weighted by molar-refractivity contribution is -0.134. The van der Waals surface area contributed by atoms with Crippen LogP contribution in [0.5, 0.6) is 0 Å². The summed E-state index contributed by atoms with van der Waals surface area (Å²) in [6, 6.07) is 3.65. The Bertz CT molecular complexity index is 1070. The number of rotatable bonds is 10. The summed E-state index contributed by atoms with van der Waals surface area (Å²) >= 11 is 0. The first-order valence-electron chi connectivity index (χ1n) is 12.8. The Kier molecular flexibility index (Phi) is 8.77. The Morgan fingerprint density at radius 3 is 2.57 bits per heavy atom. The van der Waals surface area contributed by atoms with Gasteiger partial charge in [0.2, 0.25) is 23.6 Å². The van der Waals surface area contributed by atoms with Crippen LogP contribution in [0.25, 0.3) is 0 Å². The van der Waals surface area contributed by atoms with E-state index in [4.69, 9.17) is 0 Å². The molecule has 2 heterocycles. The Hall–Kier alpha value is -3.63. The quantitative estimate of drug-likeness (QED) is 0.321. The molecule has 11 nitrogen and oxygen atoms in total. The molecule has 0 aromatic heterocycles. The van der Waals surface area contributed by atoms with Gasteiger partial charge in [-0.15, -0.1) is 0 Å². The third kappa shape index (κ3) is 6.58. The standard InChI is InChI=1S/C26H37N5O6/c1-5-11-26(4,30-25(36)37)24(35)28-17(13-15(2)3)22(33)27-18-14-16-8-6-9-19(21(16)29-23(18)34)31-12-7-10-20(31)32/h6,8-9,15,17-18,30H,5,7,10-14H2,1-4H3,(H,27,33)(H,28,35)(H,29,34)(H,36,37)/t17-,18?,26?/m1/s1. The molecule has 37 heavy (non-hydrogen) atoms. The van der Waals surface area contributed by atoms with Crippen molar-refractivity contribution in [3.05, 3.63) is 23.8 Å². The van der Waals surface area contributed by atoms with E-state index in [1.165, 1.54) is 6.92 Å². The van der Waals surface area contributed by atoms with Crippen molar-refractivity contribution in [2.75, 3.05) is 16.8 Å². The first-order valence-corrected chi connectivity index (χ1v) is 12.8. The first kappa shape index (κ1) is 27.9. The number of para-hydroxylation sites is 1. The summed E-state index contributed by atoms with van der Waals surface area (Å²) in [7, 11) is 0.